The summed E-state index contributed by atoms with van der Waals surface area (Å²) in [5.41, 5.74) is 2.92. The molecule has 2 saturated heterocycles. The maximum atomic E-state index is 11.9. The Morgan fingerprint density at radius 1 is 1.12 bits per heavy atom. The maximum Gasteiger partial charge on any atom is 0.350 e. The van der Waals surface area contributed by atoms with Gasteiger partial charge in [0.05, 0.1) is 0 Å². The number of anilines is 2. The standard InChI is InChI=1S/C18H22N2O4/c1-12-10-13(20-8-4-5-9-20)6-7-15(12)19-11-14-16(21)23-18(2,3)24-17(14)22/h6-7,10-11,19H,4-5,8-9H2,1-3H3. The van der Waals surface area contributed by atoms with Gasteiger partial charge in [-0.3, -0.25) is 0 Å². The topological polar surface area (TPSA) is 67.9 Å². The van der Waals surface area contributed by atoms with Crippen LogP contribution in [0.15, 0.2) is 30.0 Å². The number of ether oxygens (including phenoxy) is 2. The van der Waals surface area contributed by atoms with Crippen molar-refractivity contribution in [2.45, 2.75) is 39.4 Å². The lowest BCUT2D eigenvalue weighted by Crippen LogP contribution is -2.42. The third-order valence-corrected chi connectivity index (χ3v) is 4.17. The van der Waals surface area contributed by atoms with Crippen LogP contribution in [0.3, 0.4) is 0 Å². The molecule has 0 radical (unpaired) electrons. The number of nitrogens with one attached hydrogen (secondary N) is 1. The number of rotatable bonds is 3. The van der Waals surface area contributed by atoms with Crippen molar-refractivity contribution < 1.29 is 19.1 Å². The van der Waals surface area contributed by atoms with Gasteiger partial charge in [0, 0.05) is 44.5 Å². The molecule has 0 aromatic heterocycles. The number of cyclic esters (lactones) is 2. The summed E-state index contributed by atoms with van der Waals surface area (Å²) in [4.78, 5) is 26.2. The summed E-state index contributed by atoms with van der Waals surface area (Å²) in [6.07, 6.45) is 3.80. The molecular weight excluding hydrogens is 308 g/mol. The zero-order chi connectivity index (χ0) is 17.3. The Bertz CT molecular complexity index is 681. The lowest BCUT2D eigenvalue weighted by molar-refractivity contribution is -0.222. The van der Waals surface area contributed by atoms with Gasteiger partial charge < -0.3 is 19.7 Å². The van der Waals surface area contributed by atoms with Crippen molar-refractivity contribution in [2.75, 3.05) is 23.3 Å². The molecule has 6 heteroatoms. The second-order valence-electron chi connectivity index (χ2n) is 6.57. The number of aryl methyl sites for hydroxylation is 1. The van der Waals surface area contributed by atoms with Gasteiger partial charge in [-0.25, -0.2) is 9.59 Å². The summed E-state index contributed by atoms with van der Waals surface area (Å²) < 4.78 is 10.1. The highest BCUT2D eigenvalue weighted by atomic mass is 16.7. The average Bonchev–Trinajstić information content (AvgIpc) is 3.00. The average molecular weight is 330 g/mol. The van der Waals surface area contributed by atoms with Crippen molar-refractivity contribution in [3.8, 4) is 0 Å². The van der Waals surface area contributed by atoms with E-state index in [0.29, 0.717) is 0 Å². The molecule has 2 fully saturated rings. The van der Waals surface area contributed by atoms with Crippen LogP contribution < -0.4 is 10.2 Å². The number of carbonyl (C=O) groups excluding carboxylic acids is 2. The number of carbonyl (C=O) groups is 2. The first-order chi connectivity index (χ1) is 11.4. The quantitative estimate of drug-likeness (QED) is 0.522. The number of nitrogens with zero attached hydrogens (tertiary/aromatic N) is 1. The minimum absolute atomic E-state index is 0.141. The fraction of sp³-hybridized carbons (Fsp3) is 0.444. The Morgan fingerprint density at radius 3 is 2.33 bits per heavy atom. The highest BCUT2D eigenvalue weighted by Gasteiger charge is 2.38. The molecule has 6 nitrogen and oxygen atoms in total. The van der Waals surface area contributed by atoms with E-state index >= 15 is 0 Å². The highest BCUT2D eigenvalue weighted by molar-refractivity contribution is 6.15. The third kappa shape index (κ3) is 3.37. The van der Waals surface area contributed by atoms with Gasteiger partial charge in [0.15, 0.2) is 5.57 Å². The summed E-state index contributed by atoms with van der Waals surface area (Å²) in [5.74, 6) is -2.59. The molecular formula is C18H22N2O4. The van der Waals surface area contributed by atoms with Crippen molar-refractivity contribution in [3.05, 3.63) is 35.5 Å². The second kappa shape index (κ2) is 6.19. The Balaban J connectivity index is 1.74. The molecule has 1 aromatic rings. The molecule has 128 valence electrons. The molecule has 0 spiro atoms. The molecule has 0 unspecified atom stereocenters. The molecule has 1 N–H and O–H groups in total. The lowest BCUT2D eigenvalue weighted by Gasteiger charge is -2.29. The van der Waals surface area contributed by atoms with E-state index in [-0.39, 0.29) is 5.57 Å². The van der Waals surface area contributed by atoms with Gasteiger partial charge in [-0.05, 0) is 43.5 Å². The van der Waals surface area contributed by atoms with E-state index in [0.717, 1.165) is 24.3 Å². The fourth-order valence-corrected chi connectivity index (χ4v) is 2.91. The molecule has 0 amide bonds. The number of esters is 2. The first kappa shape index (κ1) is 16.4. The summed E-state index contributed by atoms with van der Waals surface area (Å²) in [6, 6.07) is 6.09. The first-order valence-corrected chi connectivity index (χ1v) is 8.15. The van der Waals surface area contributed by atoms with Gasteiger partial charge in [-0.15, -0.1) is 0 Å². The molecule has 2 aliphatic rings. The van der Waals surface area contributed by atoms with E-state index in [9.17, 15) is 9.59 Å². The van der Waals surface area contributed by atoms with Crippen LogP contribution in [0.4, 0.5) is 11.4 Å². The van der Waals surface area contributed by atoms with Crippen molar-refractivity contribution in [1.82, 2.24) is 0 Å². The van der Waals surface area contributed by atoms with Gasteiger partial charge in [0.2, 0.25) is 0 Å². The highest BCUT2D eigenvalue weighted by Crippen LogP contribution is 2.27. The van der Waals surface area contributed by atoms with Crippen molar-refractivity contribution in [3.63, 3.8) is 0 Å². The molecule has 3 rings (SSSR count). The summed E-state index contributed by atoms with van der Waals surface area (Å²) in [5, 5.41) is 3.01. The van der Waals surface area contributed by atoms with Crippen molar-refractivity contribution >= 4 is 23.3 Å². The summed E-state index contributed by atoms with van der Waals surface area (Å²) >= 11 is 0. The van der Waals surface area contributed by atoms with E-state index in [1.54, 1.807) is 0 Å². The van der Waals surface area contributed by atoms with Crippen LogP contribution in [0.25, 0.3) is 0 Å². The van der Waals surface area contributed by atoms with Crippen LogP contribution in [0, 0.1) is 6.92 Å². The van der Waals surface area contributed by atoms with E-state index < -0.39 is 17.7 Å². The Hall–Kier alpha value is -2.50. The van der Waals surface area contributed by atoms with Crippen LogP contribution in [0.2, 0.25) is 0 Å². The molecule has 24 heavy (non-hydrogen) atoms. The molecule has 0 bridgehead atoms. The van der Waals surface area contributed by atoms with E-state index in [4.69, 9.17) is 9.47 Å². The normalized spacial score (nSPS) is 19.8. The Morgan fingerprint density at radius 2 is 1.75 bits per heavy atom. The number of benzene rings is 1. The van der Waals surface area contributed by atoms with Gasteiger partial charge in [-0.1, -0.05) is 0 Å². The van der Waals surface area contributed by atoms with Gasteiger partial charge in [0.25, 0.3) is 5.79 Å². The largest absolute Gasteiger partial charge is 0.419 e. The first-order valence-electron chi connectivity index (χ1n) is 8.15. The molecule has 1 aromatic carbocycles. The van der Waals surface area contributed by atoms with Crippen LogP contribution in [-0.2, 0) is 19.1 Å². The zero-order valence-electron chi connectivity index (χ0n) is 14.2. The third-order valence-electron chi connectivity index (χ3n) is 4.17. The SMILES string of the molecule is Cc1cc(N2CCCC2)ccc1NC=C1C(=O)OC(C)(C)OC1=O. The molecule has 0 aliphatic carbocycles. The predicted molar refractivity (Wildman–Crippen MR) is 90.6 cm³/mol. The molecule has 2 aliphatic heterocycles. The van der Waals surface area contributed by atoms with Crippen LogP contribution >= 0.6 is 0 Å². The molecule has 0 atom stereocenters. The van der Waals surface area contributed by atoms with Crippen molar-refractivity contribution in [1.29, 1.82) is 0 Å². The van der Waals surface area contributed by atoms with Crippen molar-refractivity contribution in [2.24, 2.45) is 0 Å². The van der Waals surface area contributed by atoms with Gasteiger partial charge in [-0.2, -0.15) is 0 Å². The second-order valence-corrected chi connectivity index (χ2v) is 6.57. The number of hydrogen-bond donors (Lipinski definition) is 1. The van der Waals surface area contributed by atoms with E-state index in [1.165, 1.54) is 38.6 Å². The van der Waals surface area contributed by atoms with Gasteiger partial charge in [0.1, 0.15) is 0 Å². The van der Waals surface area contributed by atoms with E-state index in [1.807, 2.05) is 19.1 Å². The van der Waals surface area contributed by atoms with Crippen LogP contribution in [-0.4, -0.2) is 30.8 Å². The Labute approximate surface area is 141 Å². The van der Waals surface area contributed by atoms with Crippen LogP contribution in [0.1, 0.15) is 32.3 Å². The maximum absolute atomic E-state index is 11.9. The monoisotopic (exact) mass is 330 g/mol. The molecule has 2 heterocycles. The summed E-state index contributed by atoms with van der Waals surface area (Å²) in [7, 11) is 0. The zero-order valence-corrected chi connectivity index (χ0v) is 14.2. The number of hydrogen-bond acceptors (Lipinski definition) is 6. The lowest BCUT2D eigenvalue weighted by atomic mass is 10.1. The minimum atomic E-state index is -1.22. The van der Waals surface area contributed by atoms with E-state index in [2.05, 4.69) is 16.3 Å². The smallest absolute Gasteiger partial charge is 0.350 e. The predicted octanol–water partition coefficient (Wildman–Crippen LogP) is 2.73. The fourth-order valence-electron chi connectivity index (χ4n) is 2.91. The molecule has 0 saturated carbocycles. The van der Waals surface area contributed by atoms with Gasteiger partial charge >= 0.3 is 11.9 Å². The van der Waals surface area contributed by atoms with Crippen LogP contribution in [0.5, 0.6) is 0 Å². The summed E-state index contributed by atoms with van der Waals surface area (Å²) in [6.45, 7) is 7.21. The Kier molecular flexibility index (Phi) is 4.22. The minimum Gasteiger partial charge on any atom is -0.419 e.